The van der Waals surface area contributed by atoms with Crippen LogP contribution in [0, 0.1) is 5.41 Å². The summed E-state index contributed by atoms with van der Waals surface area (Å²) in [5.74, 6) is -0.467. The Morgan fingerprint density at radius 2 is 1.87 bits per heavy atom. The number of esters is 1. The second-order valence-corrected chi connectivity index (χ2v) is 5.35. The second-order valence-electron chi connectivity index (χ2n) is 5.35. The highest BCUT2D eigenvalue weighted by molar-refractivity contribution is 5.96. The monoisotopic (exact) mass is 342 g/mol. The lowest BCUT2D eigenvalue weighted by molar-refractivity contribution is -0.130. The minimum atomic E-state index is -0.571. The van der Waals surface area contributed by atoms with E-state index in [1.165, 1.54) is 0 Å². The number of ether oxygens (including phenoxy) is 2. The zero-order valence-electron chi connectivity index (χ0n) is 13.2. The molecule has 1 aromatic rings. The number of amides is 1. The van der Waals surface area contributed by atoms with Crippen molar-refractivity contribution in [2.24, 2.45) is 11.1 Å². The minimum absolute atomic E-state index is 0. The van der Waals surface area contributed by atoms with E-state index in [0.717, 1.165) is 0 Å². The lowest BCUT2D eigenvalue weighted by Gasteiger charge is -2.34. The van der Waals surface area contributed by atoms with Gasteiger partial charge < -0.3 is 20.5 Å². The average Bonchev–Trinajstić information content (AvgIpc) is 2.56. The average molecular weight is 343 g/mol. The van der Waals surface area contributed by atoms with Crippen molar-refractivity contribution in [3.05, 3.63) is 29.8 Å². The van der Waals surface area contributed by atoms with E-state index in [1.807, 2.05) is 0 Å². The van der Waals surface area contributed by atoms with Gasteiger partial charge in [-0.3, -0.25) is 4.79 Å². The number of benzene rings is 1. The third-order valence-corrected chi connectivity index (χ3v) is 3.98. The molecule has 1 saturated heterocycles. The van der Waals surface area contributed by atoms with E-state index in [9.17, 15) is 9.59 Å². The van der Waals surface area contributed by atoms with Crippen molar-refractivity contribution < 1.29 is 19.1 Å². The van der Waals surface area contributed by atoms with Crippen LogP contribution in [0.2, 0.25) is 0 Å². The summed E-state index contributed by atoms with van der Waals surface area (Å²) in [6.07, 6.45) is 1.24. The molecule has 3 N–H and O–H groups in total. The highest BCUT2D eigenvalue weighted by Gasteiger charge is 2.38. The third kappa shape index (κ3) is 4.67. The van der Waals surface area contributed by atoms with Crippen LogP contribution in [0.25, 0.3) is 0 Å². The highest BCUT2D eigenvalue weighted by Crippen LogP contribution is 2.30. The quantitative estimate of drug-likeness (QED) is 0.798. The normalized spacial score (nSPS) is 16.1. The Balaban J connectivity index is 0.00000264. The van der Waals surface area contributed by atoms with Gasteiger partial charge in [0.15, 0.2) is 0 Å². The number of carbonyl (C=O) groups is 2. The van der Waals surface area contributed by atoms with Crippen LogP contribution >= 0.6 is 12.4 Å². The number of nitrogens with two attached hydrogens (primary N) is 1. The fourth-order valence-corrected chi connectivity index (χ4v) is 2.45. The first kappa shape index (κ1) is 19.4. The van der Waals surface area contributed by atoms with Crippen molar-refractivity contribution >= 4 is 30.0 Å². The largest absolute Gasteiger partial charge is 0.462 e. The zero-order chi connectivity index (χ0) is 16.0. The molecule has 2 rings (SSSR count). The maximum Gasteiger partial charge on any atom is 0.338 e. The molecule has 0 bridgehead atoms. The Labute approximate surface area is 142 Å². The van der Waals surface area contributed by atoms with Crippen molar-refractivity contribution in [1.82, 2.24) is 0 Å². The van der Waals surface area contributed by atoms with Gasteiger partial charge in [0, 0.05) is 25.4 Å². The lowest BCUT2D eigenvalue weighted by Crippen LogP contribution is -2.46. The van der Waals surface area contributed by atoms with Crippen LogP contribution in [0.15, 0.2) is 24.3 Å². The summed E-state index contributed by atoms with van der Waals surface area (Å²) < 4.78 is 10.2. The summed E-state index contributed by atoms with van der Waals surface area (Å²) in [4.78, 5) is 24.1. The van der Waals surface area contributed by atoms with E-state index in [-0.39, 0.29) is 24.3 Å². The molecule has 1 aliphatic heterocycles. The molecule has 1 amide bonds. The topological polar surface area (TPSA) is 90.7 Å². The molecule has 0 radical (unpaired) electrons. The summed E-state index contributed by atoms with van der Waals surface area (Å²) >= 11 is 0. The SMILES string of the molecule is CCOC(=O)c1ccc(NC(=O)C2(CN)CCOCC2)cc1.Cl. The fraction of sp³-hybridized carbons (Fsp3) is 0.500. The molecule has 0 aromatic heterocycles. The van der Waals surface area contributed by atoms with E-state index in [4.69, 9.17) is 15.2 Å². The van der Waals surface area contributed by atoms with Gasteiger partial charge in [-0.2, -0.15) is 0 Å². The predicted octanol–water partition coefficient (Wildman–Crippen LogP) is 1.98. The van der Waals surface area contributed by atoms with Gasteiger partial charge in [0.05, 0.1) is 17.6 Å². The molecule has 1 aromatic carbocycles. The lowest BCUT2D eigenvalue weighted by atomic mass is 9.79. The number of halogens is 1. The molecule has 1 heterocycles. The van der Waals surface area contributed by atoms with Crippen LogP contribution in [0.5, 0.6) is 0 Å². The molecular weight excluding hydrogens is 320 g/mol. The molecule has 23 heavy (non-hydrogen) atoms. The number of nitrogens with one attached hydrogen (secondary N) is 1. The van der Waals surface area contributed by atoms with Crippen LogP contribution in [-0.2, 0) is 14.3 Å². The van der Waals surface area contributed by atoms with E-state index in [1.54, 1.807) is 31.2 Å². The van der Waals surface area contributed by atoms with Crippen LogP contribution < -0.4 is 11.1 Å². The minimum Gasteiger partial charge on any atom is -0.462 e. The van der Waals surface area contributed by atoms with Gasteiger partial charge in [0.2, 0.25) is 5.91 Å². The second kappa shape index (κ2) is 8.86. The van der Waals surface area contributed by atoms with Crippen molar-refractivity contribution in [3.8, 4) is 0 Å². The van der Waals surface area contributed by atoms with Crippen molar-refractivity contribution in [3.63, 3.8) is 0 Å². The maximum atomic E-state index is 12.5. The smallest absolute Gasteiger partial charge is 0.338 e. The Morgan fingerprint density at radius 3 is 2.39 bits per heavy atom. The maximum absolute atomic E-state index is 12.5. The van der Waals surface area contributed by atoms with Gasteiger partial charge >= 0.3 is 5.97 Å². The molecule has 0 spiro atoms. The van der Waals surface area contributed by atoms with Gasteiger partial charge in [-0.05, 0) is 44.0 Å². The fourth-order valence-electron chi connectivity index (χ4n) is 2.45. The van der Waals surface area contributed by atoms with E-state index in [0.29, 0.717) is 50.5 Å². The first-order valence-electron chi connectivity index (χ1n) is 7.48. The Hall–Kier alpha value is -1.63. The molecule has 0 unspecified atom stereocenters. The number of hydrogen-bond donors (Lipinski definition) is 2. The highest BCUT2D eigenvalue weighted by atomic mass is 35.5. The predicted molar refractivity (Wildman–Crippen MR) is 89.8 cm³/mol. The number of carbonyl (C=O) groups excluding carboxylic acids is 2. The van der Waals surface area contributed by atoms with Crippen LogP contribution in [0.4, 0.5) is 5.69 Å². The Kier molecular flexibility index (Phi) is 7.48. The third-order valence-electron chi connectivity index (χ3n) is 3.98. The molecule has 1 fully saturated rings. The Bertz CT molecular complexity index is 527. The van der Waals surface area contributed by atoms with Crippen LogP contribution in [0.3, 0.4) is 0 Å². The van der Waals surface area contributed by atoms with Gasteiger partial charge in [0.1, 0.15) is 0 Å². The number of hydrogen-bond acceptors (Lipinski definition) is 5. The van der Waals surface area contributed by atoms with Crippen LogP contribution in [-0.4, -0.2) is 38.2 Å². The molecule has 0 saturated carbocycles. The summed E-state index contributed by atoms with van der Waals surface area (Å²) in [7, 11) is 0. The van der Waals surface area contributed by atoms with Crippen molar-refractivity contribution in [2.75, 3.05) is 31.7 Å². The van der Waals surface area contributed by atoms with Crippen molar-refractivity contribution in [2.45, 2.75) is 19.8 Å². The van der Waals surface area contributed by atoms with Gasteiger partial charge in [0.25, 0.3) is 0 Å². The molecule has 1 aliphatic rings. The molecule has 7 heteroatoms. The van der Waals surface area contributed by atoms with Crippen molar-refractivity contribution in [1.29, 1.82) is 0 Å². The Morgan fingerprint density at radius 1 is 1.26 bits per heavy atom. The van der Waals surface area contributed by atoms with E-state index >= 15 is 0 Å². The van der Waals surface area contributed by atoms with Gasteiger partial charge in [-0.1, -0.05) is 0 Å². The standard InChI is InChI=1S/C16H22N2O4.ClH/c1-2-22-14(19)12-3-5-13(6-4-12)18-15(20)16(11-17)7-9-21-10-8-16;/h3-6H,2,7-11,17H2,1H3,(H,18,20);1H. The number of rotatable bonds is 5. The van der Waals surface area contributed by atoms with Crippen LogP contribution in [0.1, 0.15) is 30.1 Å². The number of anilines is 1. The summed E-state index contributed by atoms with van der Waals surface area (Å²) in [6.45, 7) is 3.48. The summed E-state index contributed by atoms with van der Waals surface area (Å²) in [5, 5.41) is 2.87. The van der Waals surface area contributed by atoms with Gasteiger partial charge in [-0.25, -0.2) is 4.79 Å². The zero-order valence-corrected chi connectivity index (χ0v) is 14.0. The summed E-state index contributed by atoms with van der Waals surface area (Å²) in [6, 6.07) is 6.64. The first-order chi connectivity index (χ1) is 10.6. The van der Waals surface area contributed by atoms with E-state index in [2.05, 4.69) is 5.32 Å². The van der Waals surface area contributed by atoms with E-state index < -0.39 is 5.41 Å². The molecule has 0 atom stereocenters. The van der Waals surface area contributed by atoms with Gasteiger partial charge in [-0.15, -0.1) is 12.4 Å². The molecule has 6 nitrogen and oxygen atoms in total. The summed E-state index contributed by atoms with van der Waals surface area (Å²) in [5.41, 5.74) is 6.34. The first-order valence-corrected chi connectivity index (χ1v) is 7.48. The molecular formula is C16H23ClN2O4. The molecule has 128 valence electrons. The molecule has 0 aliphatic carbocycles.